The number of benzene rings is 2. The molecule has 0 aromatic heterocycles. The van der Waals surface area contributed by atoms with Crippen molar-refractivity contribution in [2.75, 3.05) is 13.2 Å². The molecule has 0 heterocycles. The molecule has 2 aromatic carbocycles. The monoisotopic (exact) mass is 303 g/mol. The first-order chi connectivity index (χ1) is 10.2. The fraction of sp³-hybridized carbons (Fsp3) is 0.188. The van der Waals surface area contributed by atoms with E-state index in [0.29, 0.717) is 29.7 Å². The summed E-state index contributed by atoms with van der Waals surface area (Å²) >= 11 is 4.98. The third-order valence-corrected chi connectivity index (χ3v) is 3.06. The van der Waals surface area contributed by atoms with E-state index < -0.39 is 0 Å². The number of ether oxygens (including phenoxy) is 2. The Morgan fingerprint density at radius 2 is 1.81 bits per heavy atom. The zero-order valence-electron chi connectivity index (χ0n) is 11.5. The van der Waals surface area contributed by atoms with Crippen molar-refractivity contribution in [2.24, 2.45) is 5.73 Å². The summed E-state index contributed by atoms with van der Waals surface area (Å²) in [5, 5.41) is 9.06. The van der Waals surface area contributed by atoms with Crippen molar-refractivity contribution >= 4 is 17.2 Å². The first-order valence-electron chi connectivity index (χ1n) is 6.55. The van der Waals surface area contributed by atoms with Crippen LogP contribution in [0.25, 0.3) is 0 Å². The van der Waals surface area contributed by atoms with Gasteiger partial charge in [-0.15, -0.1) is 0 Å². The van der Waals surface area contributed by atoms with Crippen LogP contribution in [-0.4, -0.2) is 23.3 Å². The van der Waals surface area contributed by atoms with Crippen LogP contribution in [0.15, 0.2) is 48.5 Å². The molecule has 3 N–H and O–H groups in total. The van der Waals surface area contributed by atoms with Gasteiger partial charge in [0.25, 0.3) is 0 Å². The van der Waals surface area contributed by atoms with Gasteiger partial charge in [-0.2, -0.15) is 0 Å². The SMILES string of the molecule is NC(=S)c1ccccc1OCCOc1cccc(CO)c1. The fourth-order valence-electron chi connectivity index (χ4n) is 1.84. The van der Waals surface area contributed by atoms with E-state index in [0.717, 1.165) is 11.1 Å². The smallest absolute Gasteiger partial charge is 0.129 e. The summed E-state index contributed by atoms with van der Waals surface area (Å²) in [6.07, 6.45) is 0. The Kier molecular flexibility index (Phi) is 5.54. The molecule has 21 heavy (non-hydrogen) atoms. The number of nitrogens with two attached hydrogens (primary N) is 1. The summed E-state index contributed by atoms with van der Waals surface area (Å²) in [6.45, 7) is 0.762. The van der Waals surface area contributed by atoms with Crippen LogP contribution < -0.4 is 15.2 Å². The lowest BCUT2D eigenvalue weighted by Gasteiger charge is -2.11. The molecule has 0 aliphatic carbocycles. The molecule has 0 amide bonds. The zero-order valence-corrected chi connectivity index (χ0v) is 12.3. The second kappa shape index (κ2) is 7.61. The van der Waals surface area contributed by atoms with Crippen LogP contribution >= 0.6 is 12.2 Å². The van der Waals surface area contributed by atoms with E-state index >= 15 is 0 Å². The predicted octanol–water partition coefficient (Wildman–Crippen LogP) is 2.27. The maximum Gasteiger partial charge on any atom is 0.129 e. The van der Waals surface area contributed by atoms with Gasteiger partial charge in [0.15, 0.2) is 0 Å². The summed E-state index contributed by atoms with van der Waals surface area (Å²) in [7, 11) is 0. The second-order valence-electron chi connectivity index (χ2n) is 4.36. The molecular formula is C16H17NO3S. The minimum atomic E-state index is -0.00494. The molecule has 5 heteroatoms. The summed E-state index contributed by atoms with van der Waals surface area (Å²) in [5.41, 5.74) is 7.17. The van der Waals surface area contributed by atoms with Crippen molar-refractivity contribution in [1.29, 1.82) is 0 Å². The number of thiocarbonyl (C=S) groups is 1. The van der Waals surface area contributed by atoms with E-state index in [-0.39, 0.29) is 6.61 Å². The highest BCUT2D eigenvalue weighted by atomic mass is 32.1. The van der Waals surface area contributed by atoms with Crippen molar-refractivity contribution in [3.8, 4) is 11.5 Å². The highest BCUT2D eigenvalue weighted by Gasteiger charge is 2.05. The van der Waals surface area contributed by atoms with Crippen LogP contribution in [0.3, 0.4) is 0 Å². The van der Waals surface area contributed by atoms with Crippen molar-refractivity contribution in [3.05, 3.63) is 59.7 Å². The molecule has 0 saturated heterocycles. The largest absolute Gasteiger partial charge is 0.490 e. The predicted molar refractivity (Wildman–Crippen MR) is 85.7 cm³/mol. The van der Waals surface area contributed by atoms with Gasteiger partial charge in [-0.05, 0) is 29.8 Å². The highest BCUT2D eigenvalue weighted by Crippen LogP contribution is 2.18. The number of hydrogen-bond acceptors (Lipinski definition) is 4. The lowest BCUT2D eigenvalue weighted by molar-refractivity contribution is 0.216. The van der Waals surface area contributed by atoms with Gasteiger partial charge in [0.05, 0.1) is 12.2 Å². The minimum Gasteiger partial charge on any atom is -0.490 e. The Balaban J connectivity index is 1.86. The standard InChI is InChI=1S/C16H17NO3S/c17-16(21)14-6-1-2-7-15(14)20-9-8-19-13-5-3-4-12(10-13)11-18/h1-7,10,18H,8-9,11H2,(H2,17,21). The maximum atomic E-state index is 9.06. The van der Waals surface area contributed by atoms with E-state index in [1.807, 2.05) is 42.5 Å². The Hall–Kier alpha value is -2.11. The molecule has 4 nitrogen and oxygen atoms in total. The van der Waals surface area contributed by atoms with E-state index in [4.69, 9.17) is 32.5 Å². The molecule has 0 fully saturated rings. The van der Waals surface area contributed by atoms with Crippen LogP contribution in [0.1, 0.15) is 11.1 Å². The minimum absolute atomic E-state index is 0.00494. The molecule has 0 radical (unpaired) electrons. The molecule has 0 atom stereocenters. The number of para-hydroxylation sites is 1. The molecule has 110 valence electrons. The summed E-state index contributed by atoms with van der Waals surface area (Å²) in [5.74, 6) is 1.35. The molecule has 0 saturated carbocycles. The molecular weight excluding hydrogens is 286 g/mol. The molecule has 2 rings (SSSR count). The zero-order chi connectivity index (χ0) is 15.1. The topological polar surface area (TPSA) is 64.7 Å². The Bertz CT molecular complexity index is 616. The molecule has 0 bridgehead atoms. The molecule has 0 aliphatic heterocycles. The Labute approximate surface area is 129 Å². The van der Waals surface area contributed by atoms with Crippen molar-refractivity contribution in [1.82, 2.24) is 0 Å². The van der Waals surface area contributed by atoms with Crippen molar-refractivity contribution < 1.29 is 14.6 Å². The normalized spacial score (nSPS) is 10.1. The van der Waals surface area contributed by atoms with Gasteiger partial charge >= 0.3 is 0 Å². The van der Waals surface area contributed by atoms with Crippen LogP contribution in [-0.2, 0) is 6.61 Å². The summed E-state index contributed by atoms with van der Waals surface area (Å²) < 4.78 is 11.2. The van der Waals surface area contributed by atoms with Crippen LogP contribution in [0, 0.1) is 0 Å². The first kappa shape index (κ1) is 15.3. The van der Waals surface area contributed by atoms with Crippen molar-refractivity contribution in [3.63, 3.8) is 0 Å². The quantitative estimate of drug-likeness (QED) is 0.607. The van der Waals surface area contributed by atoms with Crippen LogP contribution in [0.2, 0.25) is 0 Å². The van der Waals surface area contributed by atoms with Gasteiger partial charge in [-0.25, -0.2) is 0 Å². The van der Waals surface area contributed by atoms with Crippen LogP contribution in [0.5, 0.6) is 11.5 Å². The Morgan fingerprint density at radius 1 is 1.05 bits per heavy atom. The number of hydrogen-bond donors (Lipinski definition) is 2. The average molecular weight is 303 g/mol. The first-order valence-corrected chi connectivity index (χ1v) is 6.96. The molecule has 0 aliphatic rings. The number of rotatable bonds is 7. The van der Waals surface area contributed by atoms with Crippen LogP contribution in [0.4, 0.5) is 0 Å². The van der Waals surface area contributed by atoms with Gasteiger partial charge in [0.2, 0.25) is 0 Å². The van der Waals surface area contributed by atoms with E-state index in [9.17, 15) is 0 Å². The number of aliphatic hydroxyl groups excluding tert-OH is 1. The lowest BCUT2D eigenvalue weighted by atomic mass is 10.2. The van der Waals surface area contributed by atoms with E-state index in [1.54, 1.807) is 6.07 Å². The average Bonchev–Trinajstić information content (AvgIpc) is 2.52. The highest BCUT2D eigenvalue weighted by molar-refractivity contribution is 7.80. The van der Waals surface area contributed by atoms with E-state index in [1.165, 1.54) is 0 Å². The Morgan fingerprint density at radius 3 is 2.57 bits per heavy atom. The molecule has 0 spiro atoms. The van der Waals surface area contributed by atoms with Gasteiger partial charge in [-0.1, -0.05) is 36.5 Å². The van der Waals surface area contributed by atoms with Gasteiger partial charge in [0, 0.05) is 0 Å². The molecule has 0 unspecified atom stereocenters. The van der Waals surface area contributed by atoms with Gasteiger partial charge < -0.3 is 20.3 Å². The van der Waals surface area contributed by atoms with Crippen molar-refractivity contribution in [2.45, 2.75) is 6.61 Å². The van der Waals surface area contributed by atoms with Gasteiger partial charge in [-0.3, -0.25) is 0 Å². The van der Waals surface area contributed by atoms with Gasteiger partial charge in [0.1, 0.15) is 29.7 Å². The maximum absolute atomic E-state index is 9.06. The summed E-state index contributed by atoms with van der Waals surface area (Å²) in [6, 6.07) is 14.7. The lowest BCUT2D eigenvalue weighted by Crippen LogP contribution is -2.14. The summed E-state index contributed by atoms with van der Waals surface area (Å²) in [4.78, 5) is 0.308. The second-order valence-corrected chi connectivity index (χ2v) is 4.80. The number of aliphatic hydroxyl groups is 1. The van der Waals surface area contributed by atoms with E-state index in [2.05, 4.69) is 0 Å². The third kappa shape index (κ3) is 4.44. The third-order valence-electron chi connectivity index (χ3n) is 2.84. The molecule has 2 aromatic rings. The fourth-order valence-corrected chi connectivity index (χ4v) is 2.01.